The highest BCUT2D eigenvalue weighted by atomic mass is 15.2. The molecule has 3 aromatic rings. The van der Waals surface area contributed by atoms with Crippen molar-refractivity contribution < 1.29 is 0 Å². The first-order chi connectivity index (χ1) is 11.5. The van der Waals surface area contributed by atoms with E-state index in [0.717, 1.165) is 37.4 Å². The molecule has 24 heavy (non-hydrogen) atoms. The summed E-state index contributed by atoms with van der Waals surface area (Å²) < 4.78 is 4.23. The largest absolute Gasteiger partial charge is 0.327 e. The van der Waals surface area contributed by atoms with Gasteiger partial charge in [-0.3, -0.25) is 9.58 Å². The molecule has 0 aliphatic carbocycles. The predicted octanol–water partition coefficient (Wildman–Crippen LogP) is 3.10. The number of aryl methyl sites for hydroxylation is 1. The second-order valence-corrected chi connectivity index (χ2v) is 7.03. The molecule has 0 saturated carbocycles. The van der Waals surface area contributed by atoms with Crippen molar-refractivity contribution in [2.24, 2.45) is 13.0 Å². The third kappa shape index (κ3) is 3.85. The number of benzene rings is 1. The van der Waals surface area contributed by atoms with Gasteiger partial charge in [-0.15, -0.1) is 0 Å². The lowest BCUT2D eigenvalue weighted by Crippen LogP contribution is -2.23. The maximum atomic E-state index is 4.87. The number of rotatable bonds is 7. The number of hydrogen-bond donors (Lipinski definition) is 0. The number of nitrogens with zero attached hydrogens (tertiary/aromatic N) is 5. The highest BCUT2D eigenvalue weighted by Crippen LogP contribution is 2.19. The Balaban J connectivity index is 1.73. The van der Waals surface area contributed by atoms with E-state index in [0.29, 0.717) is 5.92 Å². The van der Waals surface area contributed by atoms with Gasteiger partial charge in [0.15, 0.2) is 0 Å². The van der Waals surface area contributed by atoms with E-state index in [9.17, 15) is 0 Å². The Morgan fingerprint density at radius 3 is 2.71 bits per heavy atom. The summed E-state index contributed by atoms with van der Waals surface area (Å²) in [5, 5.41) is 4.24. The van der Waals surface area contributed by atoms with Crippen molar-refractivity contribution in [2.75, 3.05) is 13.6 Å². The lowest BCUT2D eigenvalue weighted by Gasteiger charge is -2.18. The molecule has 0 aliphatic heterocycles. The van der Waals surface area contributed by atoms with Crippen molar-refractivity contribution in [1.29, 1.82) is 0 Å². The molecule has 2 aromatic heterocycles. The first-order valence-corrected chi connectivity index (χ1v) is 8.63. The van der Waals surface area contributed by atoms with Crippen molar-refractivity contribution in [3.63, 3.8) is 0 Å². The molecular weight excluding hydrogens is 298 g/mol. The summed E-state index contributed by atoms with van der Waals surface area (Å²) in [7, 11) is 4.12. The molecule has 0 aliphatic rings. The number of aromatic nitrogens is 4. The second-order valence-electron chi connectivity index (χ2n) is 7.03. The van der Waals surface area contributed by atoms with Gasteiger partial charge in [0.05, 0.1) is 23.8 Å². The SMILES string of the molecule is CC(C)Cn1c(CN(C)CCc2cnn(C)c2)nc2ccccc21. The normalized spacial score (nSPS) is 11.9. The number of hydrogen-bond acceptors (Lipinski definition) is 3. The minimum Gasteiger partial charge on any atom is -0.327 e. The van der Waals surface area contributed by atoms with Gasteiger partial charge < -0.3 is 4.57 Å². The van der Waals surface area contributed by atoms with Crippen LogP contribution in [0, 0.1) is 5.92 Å². The standard InChI is InChI=1S/C19H27N5/c1-15(2)12-24-18-8-6-5-7-17(18)21-19(24)14-22(3)10-9-16-11-20-23(4)13-16/h5-8,11,13,15H,9-10,12,14H2,1-4H3. The van der Waals surface area contributed by atoms with Crippen molar-refractivity contribution in [1.82, 2.24) is 24.2 Å². The minimum atomic E-state index is 0.599. The van der Waals surface area contributed by atoms with E-state index >= 15 is 0 Å². The zero-order valence-electron chi connectivity index (χ0n) is 15.1. The van der Waals surface area contributed by atoms with Crippen LogP contribution in [0.5, 0.6) is 0 Å². The highest BCUT2D eigenvalue weighted by Gasteiger charge is 2.13. The van der Waals surface area contributed by atoms with Crippen LogP contribution in [0.25, 0.3) is 11.0 Å². The van der Waals surface area contributed by atoms with Crippen LogP contribution in [-0.2, 0) is 26.6 Å². The van der Waals surface area contributed by atoms with Crippen LogP contribution in [0.4, 0.5) is 0 Å². The molecule has 2 heterocycles. The van der Waals surface area contributed by atoms with Crippen LogP contribution >= 0.6 is 0 Å². The molecule has 128 valence electrons. The van der Waals surface area contributed by atoms with Gasteiger partial charge in [0.1, 0.15) is 5.82 Å². The van der Waals surface area contributed by atoms with Gasteiger partial charge in [-0.2, -0.15) is 5.10 Å². The van der Waals surface area contributed by atoms with E-state index in [1.807, 2.05) is 17.9 Å². The summed E-state index contributed by atoms with van der Waals surface area (Å²) in [5.74, 6) is 1.75. The second kappa shape index (κ2) is 7.18. The van der Waals surface area contributed by atoms with Crippen LogP contribution in [0.3, 0.4) is 0 Å². The Bertz CT molecular complexity index is 799. The van der Waals surface area contributed by atoms with E-state index in [-0.39, 0.29) is 0 Å². The van der Waals surface area contributed by atoms with E-state index in [1.165, 1.54) is 11.1 Å². The Labute approximate surface area is 143 Å². The molecule has 3 rings (SSSR count). The van der Waals surface area contributed by atoms with Gasteiger partial charge in [-0.05, 0) is 37.1 Å². The number of likely N-dealkylation sites (N-methyl/N-ethyl adjacent to an activating group) is 1. The zero-order chi connectivity index (χ0) is 17.1. The van der Waals surface area contributed by atoms with Gasteiger partial charge in [-0.25, -0.2) is 4.98 Å². The Morgan fingerprint density at radius 2 is 2.00 bits per heavy atom. The van der Waals surface area contributed by atoms with Crippen LogP contribution in [0.15, 0.2) is 36.7 Å². The fraction of sp³-hybridized carbons (Fsp3) is 0.474. The van der Waals surface area contributed by atoms with Gasteiger partial charge in [0, 0.05) is 26.3 Å². The predicted molar refractivity (Wildman–Crippen MR) is 97.8 cm³/mol. The van der Waals surface area contributed by atoms with Gasteiger partial charge in [0.25, 0.3) is 0 Å². The van der Waals surface area contributed by atoms with Gasteiger partial charge in [-0.1, -0.05) is 26.0 Å². The summed E-state index contributed by atoms with van der Waals surface area (Å²) in [4.78, 5) is 7.21. The molecule has 0 unspecified atom stereocenters. The number of para-hydroxylation sites is 2. The Kier molecular flexibility index (Phi) is 5.00. The smallest absolute Gasteiger partial charge is 0.124 e. The van der Waals surface area contributed by atoms with Crippen LogP contribution in [-0.4, -0.2) is 37.8 Å². The van der Waals surface area contributed by atoms with Crippen molar-refractivity contribution >= 4 is 11.0 Å². The number of imidazole rings is 1. The molecule has 5 heteroatoms. The molecule has 0 N–H and O–H groups in total. The first-order valence-electron chi connectivity index (χ1n) is 8.63. The molecule has 0 saturated heterocycles. The average molecular weight is 325 g/mol. The molecule has 0 spiro atoms. The van der Waals surface area contributed by atoms with Crippen molar-refractivity contribution in [3.05, 3.63) is 48.0 Å². The maximum absolute atomic E-state index is 4.87. The number of fused-ring (bicyclic) bond motifs is 1. The summed E-state index contributed by atoms with van der Waals surface area (Å²) in [6.45, 7) is 7.37. The Hall–Kier alpha value is -2.14. The molecule has 0 radical (unpaired) electrons. The highest BCUT2D eigenvalue weighted by molar-refractivity contribution is 5.75. The summed E-state index contributed by atoms with van der Waals surface area (Å²) in [6.07, 6.45) is 5.04. The molecule has 0 fully saturated rings. The van der Waals surface area contributed by atoms with E-state index < -0.39 is 0 Å². The quantitative estimate of drug-likeness (QED) is 0.670. The molecule has 5 nitrogen and oxygen atoms in total. The fourth-order valence-electron chi connectivity index (χ4n) is 3.06. The third-order valence-electron chi connectivity index (χ3n) is 4.23. The monoisotopic (exact) mass is 325 g/mol. The van der Waals surface area contributed by atoms with Crippen LogP contribution in [0.1, 0.15) is 25.2 Å². The lowest BCUT2D eigenvalue weighted by atomic mass is 10.2. The van der Waals surface area contributed by atoms with Gasteiger partial charge in [0.2, 0.25) is 0 Å². The third-order valence-corrected chi connectivity index (χ3v) is 4.23. The lowest BCUT2D eigenvalue weighted by molar-refractivity contribution is 0.314. The average Bonchev–Trinajstić information content (AvgIpc) is 3.09. The molecule has 0 bridgehead atoms. The summed E-state index contributed by atoms with van der Waals surface area (Å²) in [5.41, 5.74) is 3.61. The Morgan fingerprint density at radius 1 is 1.21 bits per heavy atom. The topological polar surface area (TPSA) is 38.9 Å². The fourth-order valence-corrected chi connectivity index (χ4v) is 3.06. The molecule has 1 aromatic carbocycles. The van der Waals surface area contributed by atoms with E-state index in [2.05, 4.69) is 65.9 Å². The summed E-state index contributed by atoms with van der Waals surface area (Å²) >= 11 is 0. The molecular formula is C19H27N5. The van der Waals surface area contributed by atoms with Crippen LogP contribution in [0.2, 0.25) is 0 Å². The minimum absolute atomic E-state index is 0.599. The van der Waals surface area contributed by atoms with Crippen molar-refractivity contribution in [3.8, 4) is 0 Å². The van der Waals surface area contributed by atoms with Gasteiger partial charge >= 0.3 is 0 Å². The molecule has 0 amide bonds. The first kappa shape index (κ1) is 16.7. The van der Waals surface area contributed by atoms with Crippen molar-refractivity contribution in [2.45, 2.75) is 33.4 Å². The molecule has 0 atom stereocenters. The van der Waals surface area contributed by atoms with E-state index in [1.54, 1.807) is 0 Å². The van der Waals surface area contributed by atoms with Crippen LogP contribution < -0.4 is 0 Å². The zero-order valence-corrected chi connectivity index (χ0v) is 15.1. The van der Waals surface area contributed by atoms with E-state index in [4.69, 9.17) is 4.98 Å². The summed E-state index contributed by atoms with van der Waals surface area (Å²) in [6, 6.07) is 8.43. The maximum Gasteiger partial charge on any atom is 0.124 e.